The number of benzene rings is 1. The molecule has 0 aliphatic carbocycles. The largest absolute Gasteiger partial charge is 0.275 e. The molecular formula is C11H6Cl2N4. The summed E-state index contributed by atoms with van der Waals surface area (Å²) in [6, 6.07) is 8.61. The molecule has 0 fully saturated rings. The van der Waals surface area contributed by atoms with Gasteiger partial charge in [0.1, 0.15) is 0 Å². The fourth-order valence-electron chi connectivity index (χ4n) is 1.27. The van der Waals surface area contributed by atoms with Gasteiger partial charge in [0, 0.05) is 5.56 Å². The van der Waals surface area contributed by atoms with Gasteiger partial charge in [-0.1, -0.05) is 29.3 Å². The van der Waals surface area contributed by atoms with Gasteiger partial charge in [-0.3, -0.25) is 5.32 Å². The van der Waals surface area contributed by atoms with E-state index in [0.717, 1.165) is 5.56 Å². The second kappa shape index (κ2) is 5.00. The van der Waals surface area contributed by atoms with Crippen molar-refractivity contribution >= 4 is 29.0 Å². The average molecular weight is 265 g/mol. The van der Waals surface area contributed by atoms with E-state index >= 15 is 0 Å². The molecule has 0 radical (unpaired) electrons. The standard InChI is InChI=1S/C11H6Cl2N4/c12-8-2-1-7(5-9(8)13)10-3-4-11(15-6-14)17-16-10/h1-5H,(H,15,17). The number of nitrogens with zero attached hydrogens (tertiary/aromatic N) is 3. The summed E-state index contributed by atoms with van der Waals surface area (Å²) < 4.78 is 0. The molecule has 1 aromatic heterocycles. The quantitative estimate of drug-likeness (QED) is 0.668. The van der Waals surface area contributed by atoms with Crippen molar-refractivity contribution in [1.82, 2.24) is 10.2 Å². The first-order chi connectivity index (χ1) is 8.20. The molecule has 84 valence electrons. The maximum absolute atomic E-state index is 8.41. The molecule has 0 bridgehead atoms. The van der Waals surface area contributed by atoms with Crippen molar-refractivity contribution in [2.75, 3.05) is 5.32 Å². The third kappa shape index (κ3) is 2.64. The number of nitrogens with one attached hydrogen (secondary N) is 1. The van der Waals surface area contributed by atoms with Gasteiger partial charge < -0.3 is 0 Å². The van der Waals surface area contributed by atoms with Gasteiger partial charge in [0.25, 0.3) is 0 Å². The van der Waals surface area contributed by atoms with Crippen molar-refractivity contribution in [3.05, 3.63) is 40.4 Å². The number of anilines is 1. The Bertz CT molecular complexity index is 575. The van der Waals surface area contributed by atoms with Gasteiger partial charge in [0.2, 0.25) is 0 Å². The molecule has 4 nitrogen and oxygen atoms in total. The smallest absolute Gasteiger partial charge is 0.182 e. The molecule has 1 heterocycles. The molecule has 0 aliphatic heterocycles. The second-order valence-corrected chi connectivity index (χ2v) is 3.98. The molecule has 1 N–H and O–H groups in total. The van der Waals surface area contributed by atoms with Crippen LogP contribution in [0.3, 0.4) is 0 Å². The number of nitriles is 1. The first-order valence-corrected chi connectivity index (χ1v) is 5.40. The molecule has 0 aliphatic rings. The van der Waals surface area contributed by atoms with Crippen LogP contribution >= 0.6 is 23.2 Å². The molecular weight excluding hydrogens is 259 g/mol. The van der Waals surface area contributed by atoms with Crippen LogP contribution in [0.15, 0.2) is 30.3 Å². The highest BCUT2D eigenvalue weighted by molar-refractivity contribution is 6.42. The number of hydrogen-bond donors (Lipinski definition) is 1. The molecule has 0 spiro atoms. The highest BCUT2D eigenvalue weighted by Gasteiger charge is 2.04. The Morgan fingerprint density at radius 2 is 1.88 bits per heavy atom. The Kier molecular flexibility index (Phi) is 3.43. The molecule has 2 aromatic rings. The minimum absolute atomic E-state index is 0.399. The molecule has 6 heteroatoms. The third-order valence-electron chi connectivity index (χ3n) is 2.06. The number of halogens is 2. The predicted molar refractivity (Wildman–Crippen MR) is 66.7 cm³/mol. The molecule has 0 saturated heterocycles. The summed E-state index contributed by atoms with van der Waals surface area (Å²) >= 11 is 11.7. The second-order valence-electron chi connectivity index (χ2n) is 3.17. The van der Waals surface area contributed by atoms with Gasteiger partial charge >= 0.3 is 0 Å². The molecule has 0 saturated carbocycles. The summed E-state index contributed by atoms with van der Waals surface area (Å²) in [4.78, 5) is 0. The van der Waals surface area contributed by atoms with E-state index < -0.39 is 0 Å². The first kappa shape index (κ1) is 11.6. The Hall–Kier alpha value is -1.83. The maximum atomic E-state index is 8.41. The van der Waals surface area contributed by atoms with Crippen molar-refractivity contribution in [1.29, 1.82) is 5.26 Å². The van der Waals surface area contributed by atoms with Crippen LogP contribution in [0.2, 0.25) is 10.0 Å². The van der Waals surface area contributed by atoms with Crippen LogP contribution in [0.1, 0.15) is 0 Å². The summed E-state index contributed by atoms with van der Waals surface area (Å²) in [7, 11) is 0. The van der Waals surface area contributed by atoms with Gasteiger partial charge in [-0.2, -0.15) is 5.26 Å². The van der Waals surface area contributed by atoms with Crippen LogP contribution in [0.4, 0.5) is 5.82 Å². The molecule has 1 aromatic carbocycles. The SMILES string of the molecule is N#CNc1ccc(-c2ccc(Cl)c(Cl)c2)nn1. The first-order valence-electron chi connectivity index (χ1n) is 4.65. The van der Waals surface area contributed by atoms with Gasteiger partial charge in [0.15, 0.2) is 12.0 Å². The van der Waals surface area contributed by atoms with E-state index in [9.17, 15) is 0 Å². The fourth-order valence-corrected chi connectivity index (χ4v) is 1.56. The summed E-state index contributed by atoms with van der Waals surface area (Å²) in [5, 5.41) is 19.6. The minimum Gasteiger partial charge on any atom is -0.275 e. The van der Waals surface area contributed by atoms with Crippen molar-refractivity contribution < 1.29 is 0 Å². The van der Waals surface area contributed by atoms with Crippen LogP contribution in [0.25, 0.3) is 11.3 Å². The van der Waals surface area contributed by atoms with Crippen molar-refractivity contribution in [3.8, 4) is 17.5 Å². The Morgan fingerprint density at radius 1 is 1.06 bits per heavy atom. The van der Waals surface area contributed by atoms with Crippen LogP contribution in [-0.4, -0.2) is 10.2 Å². The van der Waals surface area contributed by atoms with E-state index in [2.05, 4.69) is 15.5 Å². The molecule has 0 unspecified atom stereocenters. The summed E-state index contributed by atoms with van der Waals surface area (Å²) in [6.45, 7) is 0. The summed E-state index contributed by atoms with van der Waals surface area (Å²) in [6.07, 6.45) is 1.77. The van der Waals surface area contributed by atoms with Crippen LogP contribution in [0, 0.1) is 11.5 Å². The topological polar surface area (TPSA) is 61.6 Å². The third-order valence-corrected chi connectivity index (χ3v) is 2.80. The summed E-state index contributed by atoms with van der Waals surface area (Å²) in [5.41, 5.74) is 1.47. The van der Waals surface area contributed by atoms with E-state index in [1.807, 2.05) is 0 Å². The van der Waals surface area contributed by atoms with E-state index in [1.54, 1.807) is 36.5 Å². The Morgan fingerprint density at radius 3 is 2.47 bits per heavy atom. The van der Waals surface area contributed by atoms with Crippen LogP contribution < -0.4 is 5.32 Å². The Balaban J connectivity index is 2.33. The monoisotopic (exact) mass is 264 g/mol. The maximum Gasteiger partial charge on any atom is 0.182 e. The van der Waals surface area contributed by atoms with E-state index in [-0.39, 0.29) is 0 Å². The van der Waals surface area contributed by atoms with Crippen molar-refractivity contribution in [2.45, 2.75) is 0 Å². The van der Waals surface area contributed by atoms with E-state index in [4.69, 9.17) is 28.5 Å². The normalized spacial score (nSPS) is 9.71. The highest BCUT2D eigenvalue weighted by Crippen LogP contribution is 2.27. The van der Waals surface area contributed by atoms with E-state index in [0.29, 0.717) is 21.6 Å². The van der Waals surface area contributed by atoms with Gasteiger partial charge in [-0.15, -0.1) is 10.2 Å². The van der Waals surface area contributed by atoms with Gasteiger partial charge in [-0.25, -0.2) is 0 Å². The number of rotatable bonds is 2. The average Bonchev–Trinajstić information content (AvgIpc) is 2.34. The lowest BCUT2D eigenvalue weighted by atomic mass is 10.1. The Labute approximate surface area is 108 Å². The lowest BCUT2D eigenvalue weighted by molar-refractivity contribution is 1.04. The molecule has 0 atom stereocenters. The molecule has 17 heavy (non-hydrogen) atoms. The molecule has 2 rings (SSSR count). The molecule has 0 amide bonds. The highest BCUT2D eigenvalue weighted by atomic mass is 35.5. The van der Waals surface area contributed by atoms with Gasteiger partial charge in [0.05, 0.1) is 15.7 Å². The zero-order valence-electron chi connectivity index (χ0n) is 8.48. The van der Waals surface area contributed by atoms with Crippen molar-refractivity contribution in [2.24, 2.45) is 0 Å². The zero-order valence-corrected chi connectivity index (χ0v) is 10.00. The zero-order chi connectivity index (χ0) is 12.3. The van der Waals surface area contributed by atoms with E-state index in [1.165, 1.54) is 0 Å². The lowest BCUT2D eigenvalue weighted by Gasteiger charge is -2.02. The van der Waals surface area contributed by atoms with Crippen LogP contribution in [-0.2, 0) is 0 Å². The summed E-state index contributed by atoms with van der Waals surface area (Å²) in [5.74, 6) is 0.399. The van der Waals surface area contributed by atoms with Crippen molar-refractivity contribution in [3.63, 3.8) is 0 Å². The fraction of sp³-hybridized carbons (Fsp3) is 0. The van der Waals surface area contributed by atoms with Gasteiger partial charge in [-0.05, 0) is 24.3 Å². The predicted octanol–water partition coefficient (Wildman–Crippen LogP) is 3.34. The number of hydrogen-bond acceptors (Lipinski definition) is 4. The minimum atomic E-state index is 0.399. The van der Waals surface area contributed by atoms with Crippen LogP contribution in [0.5, 0.6) is 0 Å². The lowest BCUT2D eigenvalue weighted by Crippen LogP contribution is -1.94. The number of aromatic nitrogens is 2.